The molecule has 1 heterocycles. The molecule has 2 aromatic rings. The van der Waals surface area contributed by atoms with Gasteiger partial charge in [-0.15, -0.1) is 0 Å². The van der Waals surface area contributed by atoms with Crippen LogP contribution in [0.1, 0.15) is 29.9 Å². The van der Waals surface area contributed by atoms with Crippen molar-refractivity contribution in [3.63, 3.8) is 0 Å². The third kappa shape index (κ3) is 3.22. The number of halogens is 1. The van der Waals surface area contributed by atoms with E-state index in [4.69, 9.17) is 10.6 Å². The quantitative estimate of drug-likeness (QED) is 0.632. The number of nitrogens with one attached hydrogen (secondary N) is 1. The van der Waals surface area contributed by atoms with Crippen LogP contribution in [0.5, 0.6) is 5.75 Å². The van der Waals surface area contributed by atoms with E-state index in [9.17, 15) is 4.39 Å². The minimum Gasteiger partial charge on any atom is -0.496 e. The molecule has 21 heavy (non-hydrogen) atoms. The number of hydrazine groups is 1. The third-order valence-corrected chi connectivity index (χ3v) is 3.48. The third-order valence-electron chi connectivity index (χ3n) is 3.48. The predicted molar refractivity (Wildman–Crippen MR) is 79.4 cm³/mol. The zero-order chi connectivity index (χ0) is 15.4. The van der Waals surface area contributed by atoms with Crippen LogP contribution in [0, 0.1) is 12.7 Å². The van der Waals surface area contributed by atoms with Gasteiger partial charge in [-0.25, -0.2) is 4.39 Å². The number of ether oxygens (including phenoxy) is 1. The fourth-order valence-electron chi connectivity index (χ4n) is 2.52. The van der Waals surface area contributed by atoms with Gasteiger partial charge in [-0.1, -0.05) is 6.07 Å². The van der Waals surface area contributed by atoms with Gasteiger partial charge in [0.25, 0.3) is 0 Å². The SMILES string of the molecule is CCn1nc(C)cc1CC(NN)c1c(F)cccc1OC. The first-order valence-corrected chi connectivity index (χ1v) is 6.92. The van der Waals surface area contributed by atoms with Crippen LogP contribution in [0.2, 0.25) is 0 Å². The summed E-state index contributed by atoms with van der Waals surface area (Å²) in [6.07, 6.45) is 0.530. The number of hydrogen-bond acceptors (Lipinski definition) is 4. The van der Waals surface area contributed by atoms with Crippen LogP contribution in [-0.4, -0.2) is 16.9 Å². The van der Waals surface area contributed by atoms with E-state index in [2.05, 4.69) is 10.5 Å². The molecular formula is C15H21FN4O. The van der Waals surface area contributed by atoms with Crippen molar-refractivity contribution in [1.29, 1.82) is 0 Å². The molecule has 114 valence electrons. The first-order chi connectivity index (χ1) is 10.1. The summed E-state index contributed by atoms with van der Waals surface area (Å²) in [5, 5.41) is 4.40. The van der Waals surface area contributed by atoms with Crippen molar-refractivity contribution in [3.8, 4) is 5.75 Å². The molecule has 0 radical (unpaired) electrons. The van der Waals surface area contributed by atoms with Crippen LogP contribution >= 0.6 is 0 Å². The van der Waals surface area contributed by atoms with Gasteiger partial charge < -0.3 is 4.74 Å². The van der Waals surface area contributed by atoms with Gasteiger partial charge in [0.15, 0.2) is 0 Å². The molecule has 1 atom stereocenters. The maximum atomic E-state index is 14.2. The van der Waals surface area contributed by atoms with Crippen LogP contribution in [0.15, 0.2) is 24.3 Å². The summed E-state index contributed by atoms with van der Waals surface area (Å²) in [6, 6.07) is 6.35. The number of hydrogen-bond donors (Lipinski definition) is 2. The fourth-order valence-corrected chi connectivity index (χ4v) is 2.52. The molecule has 3 N–H and O–H groups in total. The maximum absolute atomic E-state index is 14.2. The van der Waals surface area contributed by atoms with Crippen molar-refractivity contribution in [2.24, 2.45) is 5.84 Å². The minimum absolute atomic E-state index is 0.336. The molecule has 0 aliphatic heterocycles. The Morgan fingerprint density at radius 2 is 2.24 bits per heavy atom. The molecule has 0 saturated carbocycles. The topological polar surface area (TPSA) is 65.1 Å². The number of rotatable bonds is 6. The lowest BCUT2D eigenvalue weighted by atomic mass is 10.0. The van der Waals surface area contributed by atoms with E-state index >= 15 is 0 Å². The standard InChI is InChI=1S/C15H21FN4O/c1-4-20-11(8-10(2)19-20)9-13(18-17)15-12(16)6-5-7-14(15)21-3/h5-8,13,18H,4,9,17H2,1-3H3. The highest BCUT2D eigenvalue weighted by atomic mass is 19.1. The second-order valence-electron chi connectivity index (χ2n) is 4.87. The number of aryl methyl sites for hydroxylation is 2. The first-order valence-electron chi connectivity index (χ1n) is 6.92. The van der Waals surface area contributed by atoms with Crippen molar-refractivity contribution in [2.75, 3.05) is 7.11 Å². The Hall–Kier alpha value is -1.92. The lowest BCUT2D eigenvalue weighted by molar-refractivity contribution is 0.388. The summed E-state index contributed by atoms with van der Waals surface area (Å²) in [5.74, 6) is 5.79. The highest BCUT2D eigenvalue weighted by molar-refractivity contribution is 5.38. The van der Waals surface area contributed by atoms with Gasteiger partial charge in [0.2, 0.25) is 0 Å². The van der Waals surface area contributed by atoms with E-state index in [1.54, 1.807) is 12.1 Å². The second-order valence-corrected chi connectivity index (χ2v) is 4.87. The van der Waals surface area contributed by atoms with Gasteiger partial charge in [-0.2, -0.15) is 5.10 Å². The highest BCUT2D eigenvalue weighted by Crippen LogP contribution is 2.29. The lowest BCUT2D eigenvalue weighted by Gasteiger charge is -2.20. The average Bonchev–Trinajstić information content (AvgIpc) is 2.84. The molecule has 1 unspecified atom stereocenters. The average molecular weight is 292 g/mol. The smallest absolute Gasteiger partial charge is 0.131 e. The Kier molecular flexibility index (Phi) is 4.93. The number of aromatic nitrogens is 2. The van der Waals surface area contributed by atoms with Crippen molar-refractivity contribution < 1.29 is 9.13 Å². The van der Waals surface area contributed by atoms with E-state index in [1.807, 2.05) is 24.6 Å². The predicted octanol–water partition coefficient (Wildman–Crippen LogP) is 2.11. The molecule has 0 aliphatic rings. The number of nitrogens with two attached hydrogens (primary N) is 1. The Bertz CT molecular complexity index is 612. The van der Waals surface area contributed by atoms with Crippen molar-refractivity contribution >= 4 is 0 Å². The van der Waals surface area contributed by atoms with Gasteiger partial charge in [-0.05, 0) is 32.0 Å². The summed E-state index contributed by atoms with van der Waals surface area (Å²) in [6.45, 7) is 4.71. The number of methoxy groups -OCH3 is 1. The summed E-state index contributed by atoms with van der Waals surface area (Å²) < 4.78 is 21.3. The first kappa shape index (κ1) is 15.5. The number of nitrogens with zero attached hydrogens (tertiary/aromatic N) is 2. The second kappa shape index (κ2) is 6.69. The van der Waals surface area contributed by atoms with Crippen molar-refractivity contribution in [1.82, 2.24) is 15.2 Å². The van der Waals surface area contributed by atoms with E-state index < -0.39 is 0 Å². The van der Waals surface area contributed by atoms with Gasteiger partial charge >= 0.3 is 0 Å². The van der Waals surface area contributed by atoms with Gasteiger partial charge in [0.1, 0.15) is 11.6 Å². The van der Waals surface area contributed by atoms with Crippen molar-refractivity contribution in [3.05, 3.63) is 47.0 Å². The van der Waals surface area contributed by atoms with Crippen LogP contribution in [0.4, 0.5) is 4.39 Å². The Morgan fingerprint density at radius 3 is 2.86 bits per heavy atom. The normalized spacial score (nSPS) is 12.4. The molecule has 0 saturated heterocycles. The van der Waals surface area contributed by atoms with Crippen LogP contribution < -0.4 is 16.0 Å². The molecule has 0 spiro atoms. The van der Waals surface area contributed by atoms with Gasteiger partial charge in [0.05, 0.1) is 18.8 Å². The zero-order valence-corrected chi connectivity index (χ0v) is 12.6. The Labute approximate surface area is 123 Å². The van der Waals surface area contributed by atoms with Crippen LogP contribution in [-0.2, 0) is 13.0 Å². The molecule has 6 heteroatoms. The molecule has 2 rings (SSSR count). The molecule has 0 aliphatic carbocycles. The molecule has 0 fully saturated rings. The fraction of sp³-hybridized carbons (Fsp3) is 0.400. The van der Waals surface area contributed by atoms with E-state index in [0.717, 1.165) is 17.9 Å². The Balaban J connectivity index is 2.36. The summed E-state index contributed by atoms with van der Waals surface area (Å²) in [4.78, 5) is 0. The maximum Gasteiger partial charge on any atom is 0.131 e. The molecule has 0 bridgehead atoms. The zero-order valence-electron chi connectivity index (χ0n) is 12.6. The van der Waals surface area contributed by atoms with E-state index in [-0.39, 0.29) is 11.9 Å². The molecule has 5 nitrogen and oxygen atoms in total. The summed E-state index contributed by atoms with van der Waals surface area (Å²) in [7, 11) is 1.52. The highest BCUT2D eigenvalue weighted by Gasteiger charge is 2.21. The minimum atomic E-state index is -0.387. The molecular weight excluding hydrogens is 271 g/mol. The summed E-state index contributed by atoms with van der Waals surface area (Å²) in [5.41, 5.74) is 5.05. The van der Waals surface area contributed by atoms with Gasteiger partial charge in [0, 0.05) is 24.2 Å². The lowest BCUT2D eigenvalue weighted by Crippen LogP contribution is -2.31. The molecule has 0 amide bonds. The number of benzene rings is 1. The van der Waals surface area contributed by atoms with E-state index in [0.29, 0.717) is 17.7 Å². The van der Waals surface area contributed by atoms with Crippen LogP contribution in [0.3, 0.4) is 0 Å². The molecule has 1 aromatic heterocycles. The van der Waals surface area contributed by atoms with Crippen molar-refractivity contribution in [2.45, 2.75) is 32.9 Å². The monoisotopic (exact) mass is 292 g/mol. The van der Waals surface area contributed by atoms with E-state index in [1.165, 1.54) is 13.2 Å². The van der Waals surface area contributed by atoms with Crippen LogP contribution in [0.25, 0.3) is 0 Å². The van der Waals surface area contributed by atoms with Gasteiger partial charge in [-0.3, -0.25) is 16.0 Å². The molecule has 1 aromatic carbocycles. The summed E-state index contributed by atoms with van der Waals surface area (Å²) >= 11 is 0. The largest absolute Gasteiger partial charge is 0.496 e. The Morgan fingerprint density at radius 1 is 1.48 bits per heavy atom.